The molecule has 0 fully saturated rings. The monoisotopic (exact) mass is 394 g/mol. The third-order valence-electron chi connectivity index (χ3n) is 4.12. The highest BCUT2D eigenvalue weighted by Gasteiger charge is 2.18. The van der Waals surface area contributed by atoms with E-state index in [4.69, 9.17) is 10.5 Å². The molecular weight excluding hydrogens is 372 g/mol. The number of nitrogens with two attached hydrogens (primary N) is 1. The largest absolute Gasteiger partial charge is 0.485 e. The molecule has 0 bridgehead atoms. The molecular formula is C21H22N4O2S. The molecule has 1 atom stereocenters. The summed E-state index contributed by atoms with van der Waals surface area (Å²) in [6, 6.07) is 17.9. The number of amides is 1. The van der Waals surface area contributed by atoms with Crippen LogP contribution in [0.1, 0.15) is 12.7 Å². The Hall–Kier alpha value is -3.06. The molecule has 1 aromatic heterocycles. The number of hydrogen-bond donors (Lipinski definition) is 1. The Labute approximate surface area is 168 Å². The van der Waals surface area contributed by atoms with Gasteiger partial charge in [0, 0.05) is 12.1 Å². The lowest BCUT2D eigenvalue weighted by Crippen LogP contribution is -2.23. The smallest absolute Gasteiger partial charge is 0.230 e. The van der Waals surface area contributed by atoms with Crippen molar-refractivity contribution in [1.29, 1.82) is 0 Å². The van der Waals surface area contributed by atoms with E-state index in [-0.39, 0.29) is 6.61 Å². The Kier molecular flexibility index (Phi) is 6.49. The molecule has 2 N–H and O–H groups in total. The standard InChI is InChI=1S/C21H22N4O2S/c1-3-13-25-19(23-24-21(25)28-15(2)20(22)26)14-27-18-12-8-7-11-17(18)16-9-5-4-6-10-16/h3-12,15H,1,13-14H2,2H3,(H2,22,26)/t15-/m1/s1. The fraction of sp³-hybridized carbons (Fsp3) is 0.190. The minimum atomic E-state index is -0.402. The molecule has 1 heterocycles. The van der Waals surface area contributed by atoms with Crippen molar-refractivity contribution in [1.82, 2.24) is 14.8 Å². The van der Waals surface area contributed by atoms with Gasteiger partial charge in [-0.25, -0.2) is 0 Å². The van der Waals surface area contributed by atoms with Crippen LogP contribution >= 0.6 is 11.8 Å². The number of carbonyl (C=O) groups excluding carboxylic acids is 1. The van der Waals surface area contributed by atoms with Gasteiger partial charge in [0.1, 0.15) is 12.4 Å². The third kappa shape index (κ3) is 4.61. The van der Waals surface area contributed by atoms with Crippen LogP contribution in [0.3, 0.4) is 0 Å². The summed E-state index contributed by atoms with van der Waals surface area (Å²) >= 11 is 1.27. The Morgan fingerprint density at radius 2 is 1.93 bits per heavy atom. The summed E-state index contributed by atoms with van der Waals surface area (Å²) in [5.41, 5.74) is 7.45. The molecule has 2 aromatic carbocycles. The lowest BCUT2D eigenvalue weighted by molar-refractivity contribution is -0.117. The molecule has 3 rings (SSSR count). The molecule has 0 saturated carbocycles. The van der Waals surface area contributed by atoms with Crippen molar-refractivity contribution in [2.75, 3.05) is 0 Å². The first kappa shape index (κ1) is 19.7. The lowest BCUT2D eigenvalue weighted by Gasteiger charge is -2.13. The van der Waals surface area contributed by atoms with E-state index < -0.39 is 11.2 Å². The zero-order valence-electron chi connectivity index (χ0n) is 15.6. The van der Waals surface area contributed by atoms with Gasteiger partial charge in [-0.2, -0.15) is 0 Å². The van der Waals surface area contributed by atoms with Crippen LogP contribution in [0.5, 0.6) is 5.75 Å². The summed E-state index contributed by atoms with van der Waals surface area (Å²) in [6.07, 6.45) is 1.75. The molecule has 0 aliphatic carbocycles. The van der Waals surface area contributed by atoms with E-state index in [1.807, 2.05) is 59.2 Å². The SMILES string of the molecule is C=CCn1c(COc2ccccc2-c2ccccc2)nnc1S[C@H](C)C(N)=O. The van der Waals surface area contributed by atoms with Crippen molar-refractivity contribution in [3.63, 3.8) is 0 Å². The Bertz CT molecular complexity index is 956. The number of carbonyl (C=O) groups is 1. The quantitative estimate of drug-likeness (QED) is 0.442. The van der Waals surface area contributed by atoms with E-state index in [1.165, 1.54) is 11.8 Å². The van der Waals surface area contributed by atoms with E-state index in [1.54, 1.807) is 13.0 Å². The van der Waals surface area contributed by atoms with Crippen molar-refractivity contribution < 1.29 is 9.53 Å². The van der Waals surface area contributed by atoms with Gasteiger partial charge in [-0.05, 0) is 18.6 Å². The van der Waals surface area contributed by atoms with E-state index in [9.17, 15) is 4.79 Å². The summed E-state index contributed by atoms with van der Waals surface area (Å²) in [7, 11) is 0. The average molecular weight is 395 g/mol. The number of para-hydroxylation sites is 1. The minimum absolute atomic E-state index is 0.246. The number of hydrogen-bond acceptors (Lipinski definition) is 5. The van der Waals surface area contributed by atoms with Crippen LogP contribution in [0, 0.1) is 0 Å². The first-order valence-electron chi connectivity index (χ1n) is 8.86. The van der Waals surface area contributed by atoms with Crippen LogP contribution in [-0.2, 0) is 17.9 Å². The van der Waals surface area contributed by atoms with Crippen molar-refractivity contribution in [3.8, 4) is 16.9 Å². The predicted octanol–water partition coefficient (Wildman–Crippen LogP) is 3.68. The summed E-state index contributed by atoms with van der Waals surface area (Å²) in [4.78, 5) is 11.4. The van der Waals surface area contributed by atoms with Gasteiger partial charge in [0.15, 0.2) is 11.0 Å². The van der Waals surface area contributed by atoms with Crippen LogP contribution in [-0.4, -0.2) is 25.9 Å². The molecule has 0 unspecified atom stereocenters. The second-order valence-corrected chi connectivity index (χ2v) is 7.42. The maximum Gasteiger partial charge on any atom is 0.230 e. The maximum atomic E-state index is 11.4. The van der Waals surface area contributed by atoms with Crippen LogP contribution in [0.25, 0.3) is 11.1 Å². The van der Waals surface area contributed by atoms with Gasteiger partial charge < -0.3 is 10.5 Å². The van der Waals surface area contributed by atoms with Gasteiger partial charge >= 0.3 is 0 Å². The number of thioether (sulfide) groups is 1. The van der Waals surface area contributed by atoms with Crippen LogP contribution < -0.4 is 10.5 Å². The molecule has 0 aliphatic heterocycles. The number of allylic oxidation sites excluding steroid dienone is 1. The first-order valence-corrected chi connectivity index (χ1v) is 9.74. The van der Waals surface area contributed by atoms with E-state index in [2.05, 4.69) is 16.8 Å². The molecule has 144 valence electrons. The number of aromatic nitrogens is 3. The lowest BCUT2D eigenvalue weighted by atomic mass is 10.1. The maximum absolute atomic E-state index is 11.4. The Morgan fingerprint density at radius 1 is 1.21 bits per heavy atom. The molecule has 7 heteroatoms. The van der Waals surface area contributed by atoms with E-state index >= 15 is 0 Å². The highest BCUT2D eigenvalue weighted by Crippen LogP contribution is 2.30. The van der Waals surface area contributed by atoms with Gasteiger partial charge in [-0.15, -0.1) is 16.8 Å². The molecule has 1 amide bonds. The van der Waals surface area contributed by atoms with Crippen molar-refractivity contribution in [2.24, 2.45) is 5.73 Å². The normalized spacial score (nSPS) is 11.8. The molecule has 3 aromatic rings. The van der Waals surface area contributed by atoms with Crippen molar-refractivity contribution >= 4 is 17.7 Å². The average Bonchev–Trinajstić information content (AvgIpc) is 3.09. The molecule has 28 heavy (non-hydrogen) atoms. The van der Waals surface area contributed by atoms with Gasteiger partial charge in [-0.3, -0.25) is 9.36 Å². The number of benzene rings is 2. The number of nitrogens with zero attached hydrogens (tertiary/aromatic N) is 3. The van der Waals surface area contributed by atoms with Crippen LogP contribution in [0.2, 0.25) is 0 Å². The molecule has 0 saturated heterocycles. The number of rotatable bonds is 9. The predicted molar refractivity (Wildman–Crippen MR) is 111 cm³/mol. The second kappa shape index (κ2) is 9.23. The fourth-order valence-corrected chi connectivity index (χ4v) is 3.46. The second-order valence-electron chi connectivity index (χ2n) is 6.11. The Morgan fingerprint density at radius 3 is 2.64 bits per heavy atom. The Balaban J connectivity index is 1.81. The highest BCUT2D eigenvalue weighted by atomic mass is 32.2. The number of primary amides is 1. The summed E-state index contributed by atoms with van der Waals surface area (Å²) in [5, 5.41) is 8.63. The van der Waals surface area contributed by atoms with Crippen LogP contribution in [0.15, 0.2) is 72.4 Å². The number of ether oxygens (including phenoxy) is 1. The van der Waals surface area contributed by atoms with E-state index in [0.29, 0.717) is 17.5 Å². The van der Waals surface area contributed by atoms with Crippen molar-refractivity contribution in [2.45, 2.75) is 30.5 Å². The van der Waals surface area contributed by atoms with Gasteiger partial charge in [-0.1, -0.05) is 66.4 Å². The summed E-state index contributed by atoms with van der Waals surface area (Å²) < 4.78 is 7.95. The van der Waals surface area contributed by atoms with Gasteiger partial charge in [0.05, 0.1) is 5.25 Å². The molecule has 0 radical (unpaired) electrons. The third-order valence-corrected chi connectivity index (χ3v) is 5.22. The zero-order chi connectivity index (χ0) is 19.9. The summed E-state index contributed by atoms with van der Waals surface area (Å²) in [6.45, 7) is 6.29. The van der Waals surface area contributed by atoms with Gasteiger partial charge in [0.25, 0.3) is 0 Å². The van der Waals surface area contributed by atoms with Gasteiger partial charge in [0.2, 0.25) is 5.91 Å². The topological polar surface area (TPSA) is 83.0 Å². The first-order chi connectivity index (χ1) is 13.6. The highest BCUT2D eigenvalue weighted by molar-refractivity contribution is 8.00. The van der Waals surface area contributed by atoms with E-state index in [0.717, 1.165) is 16.9 Å². The molecule has 0 aliphatic rings. The molecule has 0 spiro atoms. The minimum Gasteiger partial charge on any atom is -0.485 e. The molecule has 6 nitrogen and oxygen atoms in total. The summed E-state index contributed by atoms with van der Waals surface area (Å²) in [5.74, 6) is 1.02. The zero-order valence-corrected chi connectivity index (χ0v) is 16.4. The fourth-order valence-electron chi connectivity index (χ4n) is 2.63. The van der Waals surface area contributed by atoms with Crippen LogP contribution in [0.4, 0.5) is 0 Å². The van der Waals surface area contributed by atoms with Crippen molar-refractivity contribution in [3.05, 3.63) is 73.1 Å².